The summed E-state index contributed by atoms with van der Waals surface area (Å²) in [6.07, 6.45) is 2.93. The van der Waals surface area contributed by atoms with E-state index in [1.165, 1.54) is 10.4 Å². The van der Waals surface area contributed by atoms with Crippen LogP contribution in [0.2, 0.25) is 5.02 Å². The molecule has 0 aromatic heterocycles. The Morgan fingerprint density at radius 2 is 1.95 bits per heavy atom. The second-order valence-electron chi connectivity index (χ2n) is 4.68. The number of hydrogen-bond acceptors (Lipinski definition) is 3. The van der Waals surface area contributed by atoms with E-state index in [1.807, 2.05) is 0 Å². The van der Waals surface area contributed by atoms with E-state index in [4.69, 9.17) is 17.3 Å². The maximum absolute atomic E-state index is 12.4. The van der Waals surface area contributed by atoms with E-state index >= 15 is 0 Å². The zero-order chi connectivity index (χ0) is 14.6. The lowest BCUT2D eigenvalue weighted by Gasteiger charge is -2.18. The van der Waals surface area contributed by atoms with Gasteiger partial charge < -0.3 is 5.73 Å². The molecule has 0 radical (unpaired) electrons. The molecule has 1 rings (SSSR count). The first-order valence-corrected chi connectivity index (χ1v) is 8.14. The van der Waals surface area contributed by atoms with Gasteiger partial charge in [-0.3, -0.25) is 0 Å². The number of unbranched alkanes of at least 4 members (excludes halogenated alkanes) is 2. The SMILES string of the molecule is CCCCCN(C)S(=O)(=O)c1cc(C)c(Cl)c(N)c1. The highest BCUT2D eigenvalue weighted by molar-refractivity contribution is 7.89. The van der Waals surface area contributed by atoms with Gasteiger partial charge in [-0.2, -0.15) is 0 Å². The Balaban J connectivity index is 3.00. The summed E-state index contributed by atoms with van der Waals surface area (Å²) in [5.41, 5.74) is 6.69. The van der Waals surface area contributed by atoms with Crippen LogP contribution >= 0.6 is 11.6 Å². The first-order valence-electron chi connectivity index (χ1n) is 6.32. The highest BCUT2D eigenvalue weighted by Gasteiger charge is 2.21. The number of aryl methyl sites for hydroxylation is 1. The third-order valence-electron chi connectivity index (χ3n) is 3.04. The molecule has 0 atom stereocenters. The highest BCUT2D eigenvalue weighted by Crippen LogP contribution is 2.28. The molecule has 0 saturated heterocycles. The summed E-state index contributed by atoms with van der Waals surface area (Å²) in [4.78, 5) is 0.200. The van der Waals surface area contributed by atoms with Crippen molar-refractivity contribution in [3.8, 4) is 0 Å². The lowest BCUT2D eigenvalue weighted by Crippen LogP contribution is -2.28. The van der Waals surface area contributed by atoms with Gasteiger partial charge in [-0.15, -0.1) is 0 Å². The average Bonchev–Trinajstić information content (AvgIpc) is 2.35. The fourth-order valence-electron chi connectivity index (χ4n) is 1.80. The molecule has 0 heterocycles. The van der Waals surface area contributed by atoms with Gasteiger partial charge in [0.05, 0.1) is 15.6 Å². The number of anilines is 1. The lowest BCUT2D eigenvalue weighted by molar-refractivity contribution is 0.454. The van der Waals surface area contributed by atoms with Crippen molar-refractivity contribution in [3.05, 3.63) is 22.7 Å². The Kier molecular flexibility index (Phi) is 5.64. The van der Waals surface area contributed by atoms with Crippen molar-refractivity contribution in [2.24, 2.45) is 0 Å². The van der Waals surface area contributed by atoms with E-state index in [-0.39, 0.29) is 4.90 Å². The van der Waals surface area contributed by atoms with Crippen molar-refractivity contribution in [2.45, 2.75) is 38.0 Å². The number of nitrogens with two attached hydrogens (primary N) is 1. The smallest absolute Gasteiger partial charge is 0.242 e. The van der Waals surface area contributed by atoms with Crippen LogP contribution in [0.3, 0.4) is 0 Å². The van der Waals surface area contributed by atoms with Gasteiger partial charge in [0.15, 0.2) is 0 Å². The van der Waals surface area contributed by atoms with E-state index in [0.29, 0.717) is 22.8 Å². The first kappa shape index (κ1) is 16.3. The molecule has 108 valence electrons. The topological polar surface area (TPSA) is 63.4 Å². The Morgan fingerprint density at radius 1 is 1.32 bits per heavy atom. The standard InChI is InChI=1S/C13H21ClN2O2S/c1-4-5-6-7-16(3)19(17,18)11-8-10(2)13(14)12(15)9-11/h8-9H,4-7,15H2,1-3H3. The molecule has 19 heavy (non-hydrogen) atoms. The predicted octanol–water partition coefficient (Wildman–Crippen LogP) is 3.04. The van der Waals surface area contributed by atoms with E-state index < -0.39 is 10.0 Å². The molecule has 0 aliphatic carbocycles. The van der Waals surface area contributed by atoms with Crippen molar-refractivity contribution in [1.29, 1.82) is 0 Å². The second kappa shape index (κ2) is 6.59. The number of benzene rings is 1. The number of nitrogen functional groups attached to an aromatic ring is 1. The van der Waals surface area contributed by atoms with E-state index in [2.05, 4.69) is 6.92 Å². The molecule has 0 spiro atoms. The van der Waals surface area contributed by atoms with Gasteiger partial charge >= 0.3 is 0 Å². The van der Waals surface area contributed by atoms with Gasteiger partial charge in [-0.1, -0.05) is 31.4 Å². The lowest BCUT2D eigenvalue weighted by atomic mass is 10.2. The van der Waals surface area contributed by atoms with Crippen molar-refractivity contribution in [2.75, 3.05) is 19.3 Å². The minimum Gasteiger partial charge on any atom is -0.397 e. The van der Waals surface area contributed by atoms with E-state index in [9.17, 15) is 8.42 Å². The van der Waals surface area contributed by atoms with Gasteiger partial charge in [-0.25, -0.2) is 12.7 Å². The first-order chi connectivity index (χ1) is 8.80. The van der Waals surface area contributed by atoms with Crippen LogP contribution < -0.4 is 5.73 Å². The van der Waals surface area contributed by atoms with Gasteiger partial charge in [0.1, 0.15) is 0 Å². The molecule has 0 fully saturated rings. The summed E-state index contributed by atoms with van der Waals surface area (Å²) in [6.45, 7) is 4.34. The summed E-state index contributed by atoms with van der Waals surface area (Å²) in [5.74, 6) is 0. The van der Waals surface area contributed by atoms with Gasteiger partial charge in [0, 0.05) is 13.6 Å². The number of sulfonamides is 1. The van der Waals surface area contributed by atoms with Crippen LogP contribution in [0.25, 0.3) is 0 Å². The molecule has 0 aliphatic rings. The summed E-state index contributed by atoms with van der Waals surface area (Å²) < 4.78 is 26.1. The van der Waals surface area contributed by atoms with Crippen molar-refractivity contribution in [1.82, 2.24) is 4.31 Å². The normalized spacial score (nSPS) is 12.1. The maximum atomic E-state index is 12.4. The molecule has 2 N–H and O–H groups in total. The molecule has 0 unspecified atom stereocenters. The zero-order valence-electron chi connectivity index (χ0n) is 11.6. The Labute approximate surface area is 120 Å². The number of rotatable bonds is 6. The predicted molar refractivity (Wildman–Crippen MR) is 79.9 cm³/mol. The van der Waals surface area contributed by atoms with Crippen molar-refractivity contribution >= 4 is 27.3 Å². The molecule has 6 heteroatoms. The summed E-state index contributed by atoms with van der Waals surface area (Å²) >= 11 is 5.95. The Hall–Kier alpha value is -0.780. The number of halogens is 1. The molecule has 0 amide bonds. The van der Waals surface area contributed by atoms with Crippen LogP contribution in [0.4, 0.5) is 5.69 Å². The molecule has 1 aromatic rings. The van der Waals surface area contributed by atoms with Crippen LogP contribution in [-0.2, 0) is 10.0 Å². The van der Waals surface area contributed by atoms with Crippen LogP contribution in [0.1, 0.15) is 31.7 Å². The van der Waals surface area contributed by atoms with E-state index in [1.54, 1.807) is 20.0 Å². The van der Waals surface area contributed by atoms with Gasteiger partial charge in [-0.05, 0) is 31.0 Å². The molecular weight excluding hydrogens is 284 g/mol. The van der Waals surface area contributed by atoms with E-state index in [0.717, 1.165) is 19.3 Å². The van der Waals surface area contributed by atoms with Crippen LogP contribution in [0, 0.1) is 6.92 Å². The fraction of sp³-hybridized carbons (Fsp3) is 0.538. The quantitative estimate of drug-likeness (QED) is 0.649. The van der Waals surface area contributed by atoms with Crippen LogP contribution in [0.5, 0.6) is 0 Å². The Bertz CT molecular complexity index is 521. The summed E-state index contributed by atoms with van der Waals surface area (Å²) in [5, 5.41) is 0.410. The number of hydrogen-bond donors (Lipinski definition) is 1. The highest BCUT2D eigenvalue weighted by atomic mass is 35.5. The molecule has 0 bridgehead atoms. The summed E-state index contributed by atoms with van der Waals surface area (Å²) in [6, 6.07) is 2.98. The number of nitrogens with zero attached hydrogens (tertiary/aromatic N) is 1. The minimum absolute atomic E-state index is 0.200. The molecule has 0 saturated carbocycles. The van der Waals surface area contributed by atoms with Gasteiger partial charge in [0.2, 0.25) is 10.0 Å². The van der Waals surface area contributed by atoms with Gasteiger partial charge in [0.25, 0.3) is 0 Å². The summed E-state index contributed by atoms with van der Waals surface area (Å²) in [7, 11) is -1.90. The largest absolute Gasteiger partial charge is 0.397 e. The van der Waals surface area contributed by atoms with Crippen LogP contribution in [-0.4, -0.2) is 26.3 Å². The second-order valence-corrected chi connectivity index (χ2v) is 7.10. The zero-order valence-corrected chi connectivity index (χ0v) is 13.2. The maximum Gasteiger partial charge on any atom is 0.242 e. The average molecular weight is 305 g/mol. The van der Waals surface area contributed by atoms with Crippen molar-refractivity contribution < 1.29 is 8.42 Å². The fourth-order valence-corrected chi connectivity index (χ4v) is 3.24. The molecule has 4 nitrogen and oxygen atoms in total. The van der Waals surface area contributed by atoms with Crippen LogP contribution in [0.15, 0.2) is 17.0 Å². The third kappa shape index (κ3) is 3.84. The monoisotopic (exact) mass is 304 g/mol. The minimum atomic E-state index is -3.49. The Morgan fingerprint density at radius 3 is 2.47 bits per heavy atom. The molecular formula is C13H21ClN2O2S. The van der Waals surface area contributed by atoms with Crippen molar-refractivity contribution in [3.63, 3.8) is 0 Å². The molecule has 1 aromatic carbocycles. The molecule has 0 aliphatic heterocycles. The third-order valence-corrected chi connectivity index (χ3v) is 5.39.